The number of aromatic nitrogens is 1. The maximum absolute atomic E-state index is 15.0. The standard InChI is InChI=1S/C27H29ClFN5O4/c1-3-20(36)33-10-9-32-12-17-25(38-14-16(32)11-33)23(28)24(22-18(29)5-4-6-19(22)35)30-26(17)34-21(37)13-31(2)15-27(34)7-8-27/h3-6,16,35H,1,7-15H2,2H3/t16-/m1/s1. The SMILES string of the molecule is C=CC(=O)N1CCN2Cc3c(N4C(=O)CN(C)CC45CC5)nc(-c4c(O)cccc4F)c(Cl)c3OC[C@H]2C1. The second-order valence-corrected chi connectivity index (χ2v) is 11.0. The first-order valence-electron chi connectivity index (χ1n) is 12.7. The van der Waals surface area contributed by atoms with Gasteiger partial charge >= 0.3 is 0 Å². The van der Waals surface area contributed by atoms with Crippen molar-refractivity contribution in [2.24, 2.45) is 0 Å². The van der Waals surface area contributed by atoms with E-state index in [-0.39, 0.29) is 53.0 Å². The fourth-order valence-corrected chi connectivity index (χ4v) is 6.30. The molecule has 9 nitrogen and oxygen atoms in total. The Labute approximate surface area is 225 Å². The highest BCUT2D eigenvalue weighted by atomic mass is 35.5. The number of pyridine rings is 1. The fourth-order valence-electron chi connectivity index (χ4n) is 5.99. The lowest BCUT2D eigenvalue weighted by atomic mass is 10.0. The molecule has 1 aromatic carbocycles. The fraction of sp³-hybridized carbons (Fsp3) is 0.444. The van der Waals surface area contributed by atoms with Crippen molar-refractivity contribution in [3.63, 3.8) is 0 Å². The zero-order chi connectivity index (χ0) is 26.8. The summed E-state index contributed by atoms with van der Waals surface area (Å²) in [5, 5.41) is 10.7. The van der Waals surface area contributed by atoms with Gasteiger partial charge < -0.3 is 14.7 Å². The number of anilines is 1. The molecule has 38 heavy (non-hydrogen) atoms. The molecule has 200 valence electrons. The summed E-state index contributed by atoms with van der Waals surface area (Å²) in [6.07, 6.45) is 2.96. The Balaban J connectivity index is 1.50. The van der Waals surface area contributed by atoms with Crippen molar-refractivity contribution in [2.75, 3.05) is 51.3 Å². The highest BCUT2D eigenvalue weighted by molar-refractivity contribution is 6.35. The number of piperazine rings is 2. The molecule has 0 radical (unpaired) electrons. The largest absolute Gasteiger partial charge is 0.507 e. The van der Waals surface area contributed by atoms with Crippen molar-refractivity contribution in [3.8, 4) is 22.8 Å². The second-order valence-electron chi connectivity index (χ2n) is 10.6. The third-order valence-electron chi connectivity index (χ3n) is 8.00. The number of fused-ring (bicyclic) bond motifs is 2. The molecule has 1 spiro atoms. The van der Waals surface area contributed by atoms with Crippen LogP contribution >= 0.6 is 11.6 Å². The normalized spacial score (nSPS) is 22.9. The first-order chi connectivity index (χ1) is 18.2. The maximum atomic E-state index is 15.0. The van der Waals surface area contributed by atoms with E-state index in [1.165, 1.54) is 24.3 Å². The number of likely N-dealkylation sites (N-methyl/N-ethyl adjacent to an activating group) is 1. The number of hydrogen-bond acceptors (Lipinski definition) is 7. The molecule has 3 fully saturated rings. The Kier molecular flexibility index (Phi) is 6.08. The maximum Gasteiger partial charge on any atom is 0.246 e. The predicted molar refractivity (Wildman–Crippen MR) is 140 cm³/mol. The minimum atomic E-state index is -0.680. The van der Waals surface area contributed by atoms with Crippen molar-refractivity contribution >= 4 is 29.2 Å². The Morgan fingerprint density at radius 3 is 2.82 bits per heavy atom. The van der Waals surface area contributed by atoms with Crippen LogP contribution in [-0.4, -0.2) is 94.6 Å². The first kappa shape index (κ1) is 25.1. The summed E-state index contributed by atoms with van der Waals surface area (Å²) in [7, 11) is 1.92. The van der Waals surface area contributed by atoms with Crippen LogP contribution in [-0.2, 0) is 16.1 Å². The van der Waals surface area contributed by atoms with Gasteiger partial charge in [0.15, 0.2) is 0 Å². The van der Waals surface area contributed by atoms with Crippen LogP contribution < -0.4 is 9.64 Å². The van der Waals surface area contributed by atoms with Gasteiger partial charge in [0.2, 0.25) is 11.8 Å². The van der Waals surface area contributed by atoms with Gasteiger partial charge in [0, 0.05) is 32.7 Å². The lowest BCUT2D eigenvalue weighted by molar-refractivity contribution is -0.129. The Morgan fingerprint density at radius 1 is 1.32 bits per heavy atom. The van der Waals surface area contributed by atoms with Gasteiger partial charge in [-0.2, -0.15) is 0 Å². The molecule has 1 aromatic heterocycles. The molecule has 3 aliphatic heterocycles. The quantitative estimate of drug-likeness (QED) is 0.598. The monoisotopic (exact) mass is 541 g/mol. The van der Waals surface area contributed by atoms with Crippen LogP contribution in [0.2, 0.25) is 5.02 Å². The Morgan fingerprint density at radius 2 is 2.11 bits per heavy atom. The number of carbonyl (C=O) groups excluding carboxylic acids is 2. The molecule has 0 bridgehead atoms. The van der Waals surface area contributed by atoms with E-state index >= 15 is 4.39 Å². The number of ether oxygens (including phenoxy) is 1. The van der Waals surface area contributed by atoms with E-state index in [0.717, 1.165) is 12.8 Å². The van der Waals surface area contributed by atoms with Crippen molar-refractivity contribution in [1.82, 2.24) is 19.7 Å². The number of aromatic hydroxyl groups is 1. The molecule has 4 heterocycles. The van der Waals surface area contributed by atoms with Gasteiger partial charge in [-0.15, -0.1) is 0 Å². The molecule has 2 saturated heterocycles. The van der Waals surface area contributed by atoms with E-state index in [2.05, 4.69) is 11.5 Å². The molecular formula is C27H29ClFN5O4. The highest BCUT2D eigenvalue weighted by Gasteiger charge is 2.55. The van der Waals surface area contributed by atoms with E-state index in [9.17, 15) is 14.7 Å². The summed E-state index contributed by atoms with van der Waals surface area (Å²) in [5.74, 6) is -0.501. The third-order valence-corrected chi connectivity index (χ3v) is 8.35. The van der Waals surface area contributed by atoms with Gasteiger partial charge in [-0.25, -0.2) is 9.37 Å². The average molecular weight is 542 g/mol. The van der Waals surface area contributed by atoms with E-state index in [1.54, 1.807) is 9.80 Å². The minimum Gasteiger partial charge on any atom is -0.507 e. The molecule has 1 saturated carbocycles. The molecular weight excluding hydrogens is 513 g/mol. The molecule has 4 aliphatic rings. The van der Waals surface area contributed by atoms with Gasteiger partial charge in [-0.3, -0.25) is 24.3 Å². The van der Waals surface area contributed by atoms with Crippen molar-refractivity contribution in [1.29, 1.82) is 0 Å². The topological polar surface area (TPSA) is 89.5 Å². The number of phenols is 1. The Hall–Kier alpha value is -3.21. The van der Waals surface area contributed by atoms with E-state index in [0.29, 0.717) is 49.9 Å². The van der Waals surface area contributed by atoms with Crippen LogP contribution in [0.3, 0.4) is 0 Å². The minimum absolute atomic E-state index is 0.0295. The summed E-state index contributed by atoms with van der Waals surface area (Å²) >= 11 is 6.86. The summed E-state index contributed by atoms with van der Waals surface area (Å²) in [6.45, 7) is 6.75. The number of hydrogen-bond donors (Lipinski definition) is 1. The van der Waals surface area contributed by atoms with Crippen molar-refractivity contribution in [2.45, 2.75) is 31.0 Å². The van der Waals surface area contributed by atoms with Gasteiger partial charge in [-0.1, -0.05) is 24.2 Å². The summed E-state index contributed by atoms with van der Waals surface area (Å²) in [5.41, 5.74) is 0.154. The van der Waals surface area contributed by atoms with Crippen LogP contribution in [0.25, 0.3) is 11.3 Å². The lowest BCUT2D eigenvalue weighted by Crippen LogP contribution is -2.58. The number of nitrogens with zero attached hydrogens (tertiary/aromatic N) is 5. The van der Waals surface area contributed by atoms with Crippen LogP contribution in [0.1, 0.15) is 18.4 Å². The third kappa shape index (κ3) is 4.02. The summed E-state index contributed by atoms with van der Waals surface area (Å²) < 4.78 is 21.3. The Bertz CT molecular complexity index is 1330. The number of phenolic OH excluding ortho intramolecular Hbond substituents is 1. The molecule has 6 rings (SSSR count). The average Bonchev–Trinajstić information content (AvgIpc) is 3.66. The predicted octanol–water partition coefficient (Wildman–Crippen LogP) is 2.65. The van der Waals surface area contributed by atoms with Gasteiger partial charge in [0.05, 0.1) is 29.3 Å². The number of rotatable bonds is 3. The second kappa shape index (κ2) is 9.21. The zero-order valence-corrected chi connectivity index (χ0v) is 21.9. The molecule has 1 atom stereocenters. The van der Waals surface area contributed by atoms with Crippen LogP contribution in [0.5, 0.6) is 11.5 Å². The molecule has 1 N–H and O–H groups in total. The van der Waals surface area contributed by atoms with E-state index in [1.807, 2.05) is 11.9 Å². The molecule has 1 aliphatic carbocycles. The van der Waals surface area contributed by atoms with E-state index in [4.69, 9.17) is 21.3 Å². The van der Waals surface area contributed by atoms with Crippen LogP contribution in [0, 0.1) is 5.82 Å². The molecule has 0 unspecified atom stereocenters. The number of halogens is 2. The van der Waals surface area contributed by atoms with Gasteiger partial charge in [-0.05, 0) is 38.1 Å². The summed E-state index contributed by atoms with van der Waals surface area (Å²) in [6, 6.07) is 3.89. The molecule has 11 heteroatoms. The highest BCUT2D eigenvalue weighted by Crippen LogP contribution is 2.51. The van der Waals surface area contributed by atoms with E-state index < -0.39 is 11.4 Å². The van der Waals surface area contributed by atoms with Crippen LogP contribution in [0.4, 0.5) is 10.2 Å². The summed E-state index contributed by atoms with van der Waals surface area (Å²) in [4.78, 5) is 38.3. The lowest BCUT2D eigenvalue weighted by Gasteiger charge is -2.41. The zero-order valence-electron chi connectivity index (χ0n) is 21.1. The van der Waals surface area contributed by atoms with Gasteiger partial charge in [0.1, 0.15) is 40.5 Å². The smallest absolute Gasteiger partial charge is 0.246 e. The number of amides is 2. The van der Waals surface area contributed by atoms with Gasteiger partial charge in [0.25, 0.3) is 0 Å². The van der Waals surface area contributed by atoms with Crippen molar-refractivity contribution in [3.05, 3.63) is 47.3 Å². The van der Waals surface area contributed by atoms with Crippen molar-refractivity contribution < 1.29 is 23.8 Å². The van der Waals surface area contributed by atoms with Crippen LogP contribution in [0.15, 0.2) is 30.9 Å². The molecule has 2 aromatic rings. The molecule has 2 amide bonds. The number of benzene rings is 1. The number of carbonyl (C=O) groups is 2. The first-order valence-corrected chi connectivity index (χ1v) is 13.1.